The van der Waals surface area contributed by atoms with E-state index in [9.17, 15) is 9.59 Å². The normalized spacial score (nSPS) is 12.3. The quantitative estimate of drug-likeness (QED) is 0.638. The highest BCUT2D eigenvalue weighted by atomic mass is 16.4. The maximum atomic E-state index is 11.8. The van der Waals surface area contributed by atoms with Gasteiger partial charge < -0.3 is 20.5 Å². The van der Waals surface area contributed by atoms with E-state index in [0.717, 1.165) is 10.9 Å². The monoisotopic (exact) mass is 262 g/mol. The van der Waals surface area contributed by atoms with Crippen molar-refractivity contribution < 1.29 is 19.8 Å². The Bertz CT molecular complexity index is 605. The number of fused-ring (bicyclic) bond motifs is 1. The Morgan fingerprint density at radius 2 is 2.11 bits per heavy atom. The van der Waals surface area contributed by atoms with Crippen LogP contribution >= 0.6 is 0 Å². The molecule has 4 N–H and O–H groups in total. The molecule has 2 rings (SSSR count). The smallest absolute Gasteiger partial charge is 0.332 e. The third kappa shape index (κ3) is 3.11. The minimum absolute atomic E-state index is 0.0204. The first-order valence-corrected chi connectivity index (χ1v) is 5.84. The van der Waals surface area contributed by atoms with E-state index in [2.05, 4.69) is 10.3 Å². The Balaban J connectivity index is 1.94. The summed E-state index contributed by atoms with van der Waals surface area (Å²) < 4.78 is 0. The zero-order chi connectivity index (χ0) is 13.8. The van der Waals surface area contributed by atoms with Crippen molar-refractivity contribution in [1.82, 2.24) is 10.3 Å². The summed E-state index contributed by atoms with van der Waals surface area (Å²) in [5.74, 6) is -1.58. The Labute approximate surface area is 109 Å². The van der Waals surface area contributed by atoms with Crippen molar-refractivity contribution in [2.75, 3.05) is 6.54 Å². The van der Waals surface area contributed by atoms with Crippen molar-refractivity contribution in [2.24, 2.45) is 0 Å². The predicted molar refractivity (Wildman–Crippen MR) is 68.9 cm³/mol. The topological polar surface area (TPSA) is 102 Å². The van der Waals surface area contributed by atoms with Crippen LogP contribution in [0.25, 0.3) is 10.9 Å². The number of aliphatic hydroxyl groups excluding tert-OH is 1. The summed E-state index contributed by atoms with van der Waals surface area (Å²) in [5.41, 5.74) is 1.44. The molecule has 1 aromatic heterocycles. The molecule has 1 atom stereocenters. The van der Waals surface area contributed by atoms with E-state index in [0.29, 0.717) is 5.56 Å². The number of H-pyrrole nitrogens is 1. The van der Waals surface area contributed by atoms with E-state index in [1.807, 2.05) is 6.07 Å². The molecular weight excluding hydrogens is 248 g/mol. The van der Waals surface area contributed by atoms with Crippen LogP contribution in [0.4, 0.5) is 0 Å². The molecule has 1 aromatic carbocycles. The number of amides is 1. The predicted octanol–water partition coefficient (Wildman–Crippen LogP) is 0.733. The van der Waals surface area contributed by atoms with Gasteiger partial charge in [0.25, 0.3) is 5.91 Å². The molecule has 0 aliphatic rings. The van der Waals surface area contributed by atoms with Crippen molar-refractivity contribution in [1.29, 1.82) is 0 Å². The summed E-state index contributed by atoms with van der Waals surface area (Å²) in [4.78, 5) is 25.2. The summed E-state index contributed by atoms with van der Waals surface area (Å²) in [5, 5.41) is 21.1. The average molecular weight is 262 g/mol. The van der Waals surface area contributed by atoms with Crippen molar-refractivity contribution in [3.05, 3.63) is 36.0 Å². The average Bonchev–Trinajstić information content (AvgIpc) is 2.85. The van der Waals surface area contributed by atoms with Gasteiger partial charge in [0.05, 0.1) is 0 Å². The standard InChI is InChI=1S/C13H14N2O4/c16-11(13(18)19)4-6-15-12(17)9-1-2-10-8(7-9)3-5-14-10/h1-3,5,7,11,14,16H,4,6H2,(H,15,17)(H,18,19)/t11-/m0/s1. The molecule has 6 heteroatoms. The second-order valence-electron chi connectivity index (χ2n) is 4.18. The molecular formula is C13H14N2O4. The fourth-order valence-corrected chi connectivity index (χ4v) is 1.74. The van der Waals surface area contributed by atoms with Crippen molar-refractivity contribution in [3.63, 3.8) is 0 Å². The number of aromatic nitrogens is 1. The van der Waals surface area contributed by atoms with Crippen LogP contribution in [-0.2, 0) is 4.79 Å². The Hall–Kier alpha value is -2.34. The molecule has 0 spiro atoms. The Morgan fingerprint density at radius 3 is 2.84 bits per heavy atom. The van der Waals surface area contributed by atoms with Gasteiger partial charge in [-0.3, -0.25) is 4.79 Å². The lowest BCUT2D eigenvalue weighted by molar-refractivity contribution is -0.146. The highest BCUT2D eigenvalue weighted by Crippen LogP contribution is 2.14. The third-order valence-corrected chi connectivity index (χ3v) is 2.80. The maximum absolute atomic E-state index is 11.8. The van der Waals surface area contributed by atoms with E-state index in [1.165, 1.54) is 0 Å². The molecule has 0 aliphatic carbocycles. The summed E-state index contributed by atoms with van der Waals surface area (Å²) in [6.07, 6.45) is 0.315. The lowest BCUT2D eigenvalue weighted by atomic mass is 10.1. The van der Waals surface area contributed by atoms with Crippen LogP contribution < -0.4 is 5.32 Å². The van der Waals surface area contributed by atoms with Gasteiger partial charge >= 0.3 is 5.97 Å². The number of nitrogens with one attached hydrogen (secondary N) is 2. The van der Waals surface area contributed by atoms with Crippen molar-refractivity contribution in [3.8, 4) is 0 Å². The van der Waals surface area contributed by atoms with Crippen LogP contribution in [0, 0.1) is 0 Å². The molecule has 100 valence electrons. The molecule has 0 fully saturated rings. The Kier molecular flexibility index (Phi) is 3.82. The number of carboxylic acids is 1. The van der Waals surface area contributed by atoms with Crippen LogP contribution in [0.3, 0.4) is 0 Å². The fourth-order valence-electron chi connectivity index (χ4n) is 1.74. The molecule has 6 nitrogen and oxygen atoms in total. The van der Waals surface area contributed by atoms with Crippen molar-refractivity contribution >= 4 is 22.8 Å². The summed E-state index contributed by atoms with van der Waals surface area (Å²) in [6, 6.07) is 7.09. The lowest BCUT2D eigenvalue weighted by Gasteiger charge is -2.07. The van der Waals surface area contributed by atoms with Gasteiger partial charge in [0.15, 0.2) is 6.10 Å². The highest BCUT2D eigenvalue weighted by Gasteiger charge is 2.13. The molecule has 0 bridgehead atoms. The highest BCUT2D eigenvalue weighted by molar-refractivity contribution is 5.98. The number of aromatic amines is 1. The number of hydrogen-bond acceptors (Lipinski definition) is 3. The first-order chi connectivity index (χ1) is 9.08. The summed E-state index contributed by atoms with van der Waals surface area (Å²) in [7, 11) is 0. The number of carbonyl (C=O) groups is 2. The fraction of sp³-hybridized carbons (Fsp3) is 0.231. The van der Waals surface area contributed by atoms with Gasteiger partial charge in [-0.2, -0.15) is 0 Å². The first kappa shape index (κ1) is 13.1. The molecule has 2 aromatic rings. The van der Waals surface area contributed by atoms with E-state index < -0.39 is 12.1 Å². The second-order valence-corrected chi connectivity index (χ2v) is 4.18. The van der Waals surface area contributed by atoms with Crippen molar-refractivity contribution in [2.45, 2.75) is 12.5 Å². The number of aliphatic hydroxyl groups is 1. The number of carbonyl (C=O) groups excluding carboxylic acids is 1. The molecule has 1 amide bonds. The first-order valence-electron chi connectivity index (χ1n) is 5.84. The van der Waals surface area contributed by atoms with Gasteiger partial charge in [0.2, 0.25) is 0 Å². The van der Waals surface area contributed by atoms with E-state index in [1.54, 1.807) is 24.4 Å². The molecule has 0 unspecified atom stereocenters. The van der Waals surface area contributed by atoms with Gasteiger partial charge in [0, 0.05) is 35.6 Å². The lowest BCUT2D eigenvalue weighted by Crippen LogP contribution is -2.30. The van der Waals surface area contributed by atoms with Crippen LogP contribution in [-0.4, -0.2) is 39.7 Å². The molecule has 1 heterocycles. The molecule has 0 aliphatic heterocycles. The summed E-state index contributed by atoms with van der Waals surface area (Å²) >= 11 is 0. The second kappa shape index (κ2) is 5.53. The number of rotatable bonds is 5. The van der Waals surface area contributed by atoms with E-state index in [-0.39, 0.29) is 18.9 Å². The van der Waals surface area contributed by atoms with E-state index >= 15 is 0 Å². The van der Waals surface area contributed by atoms with Gasteiger partial charge in [-0.15, -0.1) is 0 Å². The minimum Gasteiger partial charge on any atom is -0.479 e. The van der Waals surface area contributed by atoms with Crippen LogP contribution in [0.2, 0.25) is 0 Å². The van der Waals surface area contributed by atoms with Gasteiger partial charge in [-0.25, -0.2) is 4.79 Å². The molecule has 19 heavy (non-hydrogen) atoms. The molecule has 0 saturated heterocycles. The largest absolute Gasteiger partial charge is 0.479 e. The van der Waals surface area contributed by atoms with E-state index in [4.69, 9.17) is 10.2 Å². The summed E-state index contributed by atoms with van der Waals surface area (Å²) in [6.45, 7) is 0.109. The number of hydrogen-bond donors (Lipinski definition) is 4. The van der Waals surface area contributed by atoms with Crippen LogP contribution in [0.1, 0.15) is 16.8 Å². The molecule has 0 saturated carbocycles. The van der Waals surface area contributed by atoms with Gasteiger partial charge in [-0.05, 0) is 24.3 Å². The third-order valence-electron chi connectivity index (χ3n) is 2.80. The van der Waals surface area contributed by atoms with Crippen LogP contribution in [0.5, 0.6) is 0 Å². The van der Waals surface area contributed by atoms with Crippen LogP contribution in [0.15, 0.2) is 30.5 Å². The van der Waals surface area contributed by atoms with Gasteiger partial charge in [-0.1, -0.05) is 0 Å². The Morgan fingerprint density at radius 1 is 1.32 bits per heavy atom. The zero-order valence-corrected chi connectivity index (χ0v) is 10.1. The SMILES string of the molecule is O=C(NCC[C@H](O)C(=O)O)c1ccc2[nH]ccc2c1. The maximum Gasteiger partial charge on any atom is 0.332 e. The number of carboxylic acid groups (broad SMARTS) is 1. The minimum atomic E-state index is -1.45. The zero-order valence-electron chi connectivity index (χ0n) is 10.1. The van der Waals surface area contributed by atoms with Gasteiger partial charge in [0.1, 0.15) is 0 Å². The molecule has 0 radical (unpaired) electrons. The number of benzene rings is 1. The number of aliphatic carboxylic acids is 1.